The van der Waals surface area contributed by atoms with Crippen molar-refractivity contribution in [2.75, 3.05) is 18.0 Å². The lowest BCUT2D eigenvalue weighted by atomic mass is 10.2. The van der Waals surface area contributed by atoms with Crippen LogP contribution in [0.2, 0.25) is 5.02 Å². The van der Waals surface area contributed by atoms with E-state index in [1.165, 1.54) is 0 Å². The standard InChI is InChI=1S/C10H11ClF3N3/c11-8-4-16-9(3-7(8)10(12,13)14)17-2-1-6(15)5-17/h3-4,6H,1-2,5,15H2. The molecule has 1 atom stereocenters. The second-order valence-electron chi connectivity index (χ2n) is 4.01. The summed E-state index contributed by atoms with van der Waals surface area (Å²) in [5, 5.41) is -0.384. The molecule has 0 radical (unpaired) electrons. The van der Waals surface area contributed by atoms with Gasteiger partial charge in [0.1, 0.15) is 5.82 Å². The Labute approximate surface area is 101 Å². The van der Waals surface area contributed by atoms with Crippen LogP contribution in [0.15, 0.2) is 12.3 Å². The van der Waals surface area contributed by atoms with Crippen molar-refractivity contribution < 1.29 is 13.2 Å². The minimum Gasteiger partial charge on any atom is -0.355 e. The van der Waals surface area contributed by atoms with E-state index in [0.29, 0.717) is 13.1 Å². The molecule has 1 aliphatic rings. The van der Waals surface area contributed by atoms with Gasteiger partial charge in [0.2, 0.25) is 0 Å². The van der Waals surface area contributed by atoms with Crippen molar-refractivity contribution in [3.8, 4) is 0 Å². The third-order valence-electron chi connectivity index (χ3n) is 2.70. The largest absolute Gasteiger partial charge is 0.418 e. The molecule has 1 aliphatic heterocycles. The summed E-state index contributed by atoms with van der Waals surface area (Å²) in [5.41, 5.74) is 4.84. The Kier molecular flexibility index (Phi) is 3.18. The Morgan fingerprint density at radius 3 is 2.71 bits per heavy atom. The number of hydrogen-bond acceptors (Lipinski definition) is 3. The van der Waals surface area contributed by atoms with E-state index in [1.54, 1.807) is 4.90 Å². The number of aromatic nitrogens is 1. The third-order valence-corrected chi connectivity index (χ3v) is 3.00. The minimum absolute atomic E-state index is 0.0122. The summed E-state index contributed by atoms with van der Waals surface area (Å²) in [7, 11) is 0. The van der Waals surface area contributed by atoms with Gasteiger partial charge in [0.15, 0.2) is 0 Å². The van der Waals surface area contributed by atoms with Crippen LogP contribution in [-0.2, 0) is 6.18 Å². The first kappa shape index (κ1) is 12.4. The van der Waals surface area contributed by atoms with Crippen LogP contribution in [0.1, 0.15) is 12.0 Å². The highest BCUT2D eigenvalue weighted by atomic mass is 35.5. The third kappa shape index (κ3) is 2.63. The van der Waals surface area contributed by atoms with Gasteiger partial charge in [-0.05, 0) is 12.5 Å². The van der Waals surface area contributed by atoms with Gasteiger partial charge in [-0.3, -0.25) is 0 Å². The summed E-state index contributed by atoms with van der Waals surface area (Å²) in [5.74, 6) is 0.273. The predicted molar refractivity (Wildman–Crippen MR) is 59.1 cm³/mol. The minimum atomic E-state index is -4.46. The van der Waals surface area contributed by atoms with Gasteiger partial charge >= 0.3 is 6.18 Å². The molecule has 2 rings (SSSR count). The molecule has 2 heterocycles. The first-order valence-corrected chi connectivity index (χ1v) is 5.49. The maximum absolute atomic E-state index is 12.6. The lowest BCUT2D eigenvalue weighted by molar-refractivity contribution is -0.137. The molecule has 2 N–H and O–H groups in total. The van der Waals surface area contributed by atoms with Crippen LogP contribution in [0.4, 0.5) is 19.0 Å². The number of rotatable bonds is 1. The number of pyridine rings is 1. The van der Waals surface area contributed by atoms with E-state index in [0.717, 1.165) is 18.7 Å². The second-order valence-corrected chi connectivity index (χ2v) is 4.42. The molecule has 1 unspecified atom stereocenters. The maximum Gasteiger partial charge on any atom is 0.418 e. The van der Waals surface area contributed by atoms with Gasteiger partial charge in [-0.1, -0.05) is 11.6 Å². The normalized spacial score (nSPS) is 21.0. The number of halogens is 4. The molecule has 0 aromatic carbocycles. The summed E-state index contributed by atoms with van der Waals surface area (Å²) >= 11 is 5.49. The van der Waals surface area contributed by atoms with Crippen LogP contribution in [-0.4, -0.2) is 24.1 Å². The van der Waals surface area contributed by atoms with Crippen molar-refractivity contribution in [1.29, 1.82) is 0 Å². The van der Waals surface area contributed by atoms with Crippen LogP contribution in [0, 0.1) is 0 Å². The highest BCUT2D eigenvalue weighted by Crippen LogP contribution is 2.36. The van der Waals surface area contributed by atoms with Crippen molar-refractivity contribution in [2.24, 2.45) is 5.73 Å². The summed E-state index contributed by atoms with van der Waals surface area (Å²) in [6.45, 7) is 1.14. The number of hydrogen-bond donors (Lipinski definition) is 1. The van der Waals surface area contributed by atoms with Crippen LogP contribution in [0.5, 0.6) is 0 Å². The lowest BCUT2D eigenvalue weighted by Gasteiger charge is -2.18. The number of nitrogens with zero attached hydrogens (tertiary/aromatic N) is 2. The summed E-state index contributed by atoms with van der Waals surface area (Å²) in [6.07, 6.45) is -2.67. The Balaban J connectivity index is 2.31. The Hall–Kier alpha value is -1.01. The zero-order chi connectivity index (χ0) is 12.6. The van der Waals surface area contributed by atoms with Gasteiger partial charge in [0, 0.05) is 25.3 Å². The van der Waals surface area contributed by atoms with E-state index in [1.807, 2.05) is 0 Å². The van der Waals surface area contributed by atoms with Crippen LogP contribution in [0.25, 0.3) is 0 Å². The maximum atomic E-state index is 12.6. The van der Waals surface area contributed by atoms with Crippen molar-refractivity contribution >= 4 is 17.4 Å². The highest BCUT2D eigenvalue weighted by Gasteiger charge is 2.34. The molecule has 0 saturated carbocycles. The molecular formula is C10H11ClF3N3. The molecule has 1 fully saturated rings. The van der Waals surface area contributed by atoms with Crippen molar-refractivity contribution in [1.82, 2.24) is 4.98 Å². The van der Waals surface area contributed by atoms with E-state index in [2.05, 4.69) is 4.98 Å². The summed E-state index contributed by atoms with van der Waals surface area (Å²) in [6, 6.07) is 0.960. The fourth-order valence-electron chi connectivity index (χ4n) is 1.81. The molecule has 1 aromatic heterocycles. The fraction of sp³-hybridized carbons (Fsp3) is 0.500. The topological polar surface area (TPSA) is 42.1 Å². The van der Waals surface area contributed by atoms with Gasteiger partial charge in [-0.2, -0.15) is 13.2 Å². The molecule has 17 heavy (non-hydrogen) atoms. The summed E-state index contributed by atoms with van der Waals surface area (Å²) in [4.78, 5) is 5.64. The second kappa shape index (κ2) is 4.34. The van der Waals surface area contributed by atoms with Crippen molar-refractivity contribution in [2.45, 2.75) is 18.6 Å². The SMILES string of the molecule is NC1CCN(c2cc(C(F)(F)F)c(Cl)cn2)C1. The lowest BCUT2D eigenvalue weighted by Crippen LogP contribution is -2.27. The van der Waals surface area contributed by atoms with Crippen molar-refractivity contribution in [3.05, 3.63) is 22.8 Å². The zero-order valence-corrected chi connectivity index (χ0v) is 9.59. The van der Waals surface area contributed by atoms with Crippen LogP contribution in [0.3, 0.4) is 0 Å². The van der Waals surface area contributed by atoms with Gasteiger partial charge < -0.3 is 10.6 Å². The number of nitrogens with two attached hydrogens (primary N) is 1. The molecule has 0 aliphatic carbocycles. The predicted octanol–water partition coefficient (Wildman–Crippen LogP) is 2.29. The highest BCUT2D eigenvalue weighted by molar-refractivity contribution is 6.31. The Morgan fingerprint density at radius 1 is 1.47 bits per heavy atom. The average Bonchev–Trinajstić information content (AvgIpc) is 2.64. The first-order valence-electron chi connectivity index (χ1n) is 5.11. The van der Waals surface area contributed by atoms with Gasteiger partial charge in [-0.25, -0.2) is 4.98 Å². The molecule has 1 saturated heterocycles. The molecule has 1 aromatic rings. The molecule has 0 bridgehead atoms. The molecule has 94 valence electrons. The van der Waals surface area contributed by atoms with Gasteiger partial charge in [0.05, 0.1) is 10.6 Å². The smallest absolute Gasteiger partial charge is 0.355 e. The molecule has 0 amide bonds. The summed E-state index contributed by atoms with van der Waals surface area (Å²) < 4.78 is 37.9. The van der Waals surface area contributed by atoms with Gasteiger partial charge in [-0.15, -0.1) is 0 Å². The molecule has 3 nitrogen and oxygen atoms in total. The Bertz CT molecular complexity index is 422. The Morgan fingerprint density at radius 2 is 2.18 bits per heavy atom. The van der Waals surface area contributed by atoms with E-state index in [-0.39, 0.29) is 16.9 Å². The molecule has 0 spiro atoms. The van der Waals surface area contributed by atoms with E-state index < -0.39 is 11.7 Å². The van der Waals surface area contributed by atoms with Crippen molar-refractivity contribution in [3.63, 3.8) is 0 Å². The molecular weight excluding hydrogens is 255 g/mol. The number of alkyl halides is 3. The monoisotopic (exact) mass is 265 g/mol. The van der Waals surface area contributed by atoms with E-state index in [9.17, 15) is 13.2 Å². The average molecular weight is 266 g/mol. The first-order chi connectivity index (χ1) is 7.88. The van der Waals surface area contributed by atoms with E-state index >= 15 is 0 Å². The number of anilines is 1. The fourth-order valence-corrected chi connectivity index (χ4v) is 2.02. The zero-order valence-electron chi connectivity index (χ0n) is 8.84. The van der Waals surface area contributed by atoms with Gasteiger partial charge in [0.25, 0.3) is 0 Å². The quantitative estimate of drug-likeness (QED) is 0.847. The van der Waals surface area contributed by atoms with Crippen LogP contribution < -0.4 is 10.6 Å². The van der Waals surface area contributed by atoms with Crippen LogP contribution >= 0.6 is 11.6 Å². The molecule has 7 heteroatoms. The van der Waals surface area contributed by atoms with E-state index in [4.69, 9.17) is 17.3 Å².